The van der Waals surface area contributed by atoms with E-state index < -0.39 is 0 Å². The lowest BCUT2D eigenvalue weighted by molar-refractivity contribution is 0.251. The van der Waals surface area contributed by atoms with Gasteiger partial charge < -0.3 is 11.1 Å². The van der Waals surface area contributed by atoms with E-state index in [4.69, 9.17) is 5.73 Å². The van der Waals surface area contributed by atoms with Crippen LogP contribution in [0.2, 0.25) is 0 Å². The quantitative estimate of drug-likeness (QED) is 0.450. The molecule has 3 rings (SSSR count). The first-order valence-corrected chi connectivity index (χ1v) is 9.83. The summed E-state index contributed by atoms with van der Waals surface area (Å²) in [5.41, 5.74) is 9.03. The van der Waals surface area contributed by atoms with Gasteiger partial charge in [0.05, 0.1) is 6.54 Å². The minimum atomic E-state index is 0.582. The fraction of sp³-hybridized carbons (Fsp3) is 0.650. The summed E-state index contributed by atoms with van der Waals surface area (Å²) in [6.07, 6.45) is 4.81. The van der Waals surface area contributed by atoms with Crippen LogP contribution in [0.4, 0.5) is 0 Å². The predicted molar refractivity (Wildman–Crippen MR) is 105 cm³/mol. The maximum absolute atomic E-state index is 6.03. The summed E-state index contributed by atoms with van der Waals surface area (Å²) in [5.74, 6) is 0.604. The summed E-state index contributed by atoms with van der Waals surface area (Å²) in [7, 11) is 0. The predicted octanol–water partition coefficient (Wildman–Crippen LogP) is 1.82. The highest BCUT2D eigenvalue weighted by Crippen LogP contribution is 2.18. The third kappa shape index (κ3) is 5.19. The lowest BCUT2D eigenvalue weighted by Gasteiger charge is -2.28. The number of benzene rings is 1. The number of aliphatic imine (C=N–C) groups is 1. The van der Waals surface area contributed by atoms with E-state index in [1.165, 1.54) is 36.9 Å². The molecule has 1 atom stereocenters. The molecule has 138 valence electrons. The minimum Gasteiger partial charge on any atom is -0.370 e. The topological polar surface area (TPSA) is 56.9 Å². The van der Waals surface area contributed by atoms with E-state index in [9.17, 15) is 0 Å². The van der Waals surface area contributed by atoms with Gasteiger partial charge in [-0.1, -0.05) is 31.2 Å². The average Bonchev–Trinajstić information content (AvgIpc) is 3.11. The van der Waals surface area contributed by atoms with Gasteiger partial charge in [-0.05, 0) is 49.9 Å². The molecule has 2 heterocycles. The molecule has 0 saturated carbocycles. The van der Waals surface area contributed by atoms with Gasteiger partial charge >= 0.3 is 0 Å². The molecule has 0 bridgehead atoms. The van der Waals surface area contributed by atoms with E-state index in [0.29, 0.717) is 12.0 Å². The molecular formula is C20H33N5. The van der Waals surface area contributed by atoms with Crippen molar-refractivity contribution in [3.63, 3.8) is 0 Å². The van der Waals surface area contributed by atoms with Gasteiger partial charge in [0, 0.05) is 32.2 Å². The molecule has 0 aliphatic carbocycles. The summed E-state index contributed by atoms with van der Waals surface area (Å²) in [4.78, 5) is 9.59. The minimum absolute atomic E-state index is 0.582. The van der Waals surface area contributed by atoms with E-state index in [-0.39, 0.29) is 0 Å². The monoisotopic (exact) mass is 343 g/mol. The highest BCUT2D eigenvalue weighted by Gasteiger charge is 2.22. The number of likely N-dealkylation sites (N-methyl/N-ethyl adjacent to an activating group) is 1. The number of nitrogens with two attached hydrogens (primary N) is 1. The molecule has 2 aliphatic rings. The van der Waals surface area contributed by atoms with Crippen LogP contribution in [0.3, 0.4) is 0 Å². The summed E-state index contributed by atoms with van der Waals surface area (Å²) in [5, 5.41) is 3.28. The Kier molecular flexibility index (Phi) is 6.70. The Hall–Kier alpha value is -1.59. The Balaban J connectivity index is 1.32. The number of guanidine groups is 1. The van der Waals surface area contributed by atoms with Crippen molar-refractivity contribution in [2.24, 2.45) is 10.7 Å². The van der Waals surface area contributed by atoms with Gasteiger partial charge in [-0.25, -0.2) is 0 Å². The second-order valence-corrected chi connectivity index (χ2v) is 7.23. The van der Waals surface area contributed by atoms with Crippen LogP contribution in [0.15, 0.2) is 29.3 Å². The third-order valence-corrected chi connectivity index (χ3v) is 5.54. The van der Waals surface area contributed by atoms with Crippen molar-refractivity contribution in [2.75, 3.05) is 39.3 Å². The molecule has 5 nitrogen and oxygen atoms in total. The summed E-state index contributed by atoms with van der Waals surface area (Å²) in [6, 6.07) is 9.39. The molecule has 1 saturated heterocycles. The standard InChI is InChI=1S/C20H33N5/c1-2-25-13-5-9-19(25)15-23-20(21)22-11-6-12-24-14-10-17-7-3-4-8-18(17)16-24/h3-4,7-8,19H,2,5-6,9-16H2,1H3,(H3,21,22,23). The van der Waals surface area contributed by atoms with E-state index in [1.54, 1.807) is 0 Å². The Labute approximate surface area is 152 Å². The molecule has 1 aromatic carbocycles. The van der Waals surface area contributed by atoms with Gasteiger partial charge in [0.2, 0.25) is 0 Å². The molecule has 1 aromatic rings. The Morgan fingerprint density at radius 1 is 1.28 bits per heavy atom. The summed E-state index contributed by atoms with van der Waals surface area (Å²) >= 11 is 0. The Morgan fingerprint density at radius 2 is 2.12 bits per heavy atom. The number of nitrogens with one attached hydrogen (secondary N) is 1. The van der Waals surface area contributed by atoms with Crippen LogP contribution in [0.5, 0.6) is 0 Å². The average molecular weight is 344 g/mol. The zero-order valence-corrected chi connectivity index (χ0v) is 15.6. The largest absolute Gasteiger partial charge is 0.370 e. The molecule has 0 radical (unpaired) electrons. The highest BCUT2D eigenvalue weighted by molar-refractivity contribution is 5.77. The van der Waals surface area contributed by atoms with Crippen LogP contribution in [0.25, 0.3) is 0 Å². The van der Waals surface area contributed by atoms with E-state index >= 15 is 0 Å². The molecule has 0 aromatic heterocycles. The summed E-state index contributed by atoms with van der Waals surface area (Å²) in [6.45, 7) is 9.63. The second kappa shape index (κ2) is 9.20. The smallest absolute Gasteiger partial charge is 0.188 e. The first-order chi connectivity index (χ1) is 12.3. The van der Waals surface area contributed by atoms with Crippen molar-refractivity contribution < 1.29 is 0 Å². The van der Waals surface area contributed by atoms with E-state index in [0.717, 1.165) is 45.7 Å². The van der Waals surface area contributed by atoms with Crippen molar-refractivity contribution >= 4 is 5.96 Å². The molecular weight excluding hydrogens is 310 g/mol. The van der Waals surface area contributed by atoms with Crippen molar-refractivity contribution in [1.82, 2.24) is 15.1 Å². The maximum Gasteiger partial charge on any atom is 0.188 e. The van der Waals surface area contributed by atoms with Crippen molar-refractivity contribution in [3.8, 4) is 0 Å². The normalized spacial score (nSPS) is 22.1. The van der Waals surface area contributed by atoms with Crippen molar-refractivity contribution in [1.29, 1.82) is 0 Å². The first-order valence-electron chi connectivity index (χ1n) is 9.83. The van der Waals surface area contributed by atoms with E-state index in [1.807, 2.05) is 0 Å². The molecule has 0 spiro atoms. The van der Waals surface area contributed by atoms with Crippen molar-refractivity contribution in [3.05, 3.63) is 35.4 Å². The highest BCUT2D eigenvalue weighted by atomic mass is 15.2. The number of hydrogen-bond donors (Lipinski definition) is 2. The van der Waals surface area contributed by atoms with Crippen LogP contribution in [-0.2, 0) is 13.0 Å². The number of fused-ring (bicyclic) bond motifs is 1. The van der Waals surface area contributed by atoms with Crippen LogP contribution >= 0.6 is 0 Å². The van der Waals surface area contributed by atoms with E-state index in [2.05, 4.69) is 51.3 Å². The van der Waals surface area contributed by atoms with Gasteiger partial charge in [0.15, 0.2) is 5.96 Å². The van der Waals surface area contributed by atoms with Crippen LogP contribution in [0.1, 0.15) is 37.3 Å². The van der Waals surface area contributed by atoms with Crippen LogP contribution in [0, 0.1) is 0 Å². The third-order valence-electron chi connectivity index (χ3n) is 5.54. The summed E-state index contributed by atoms with van der Waals surface area (Å²) < 4.78 is 0. The number of nitrogens with zero attached hydrogens (tertiary/aromatic N) is 3. The van der Waals surface area contributed by atoms with Gasteiger partial charge in [-0.2, -0.15) is 0 Å². The molecule has 1 unspecified atom stereocenters. The zero-order chi connectivity index (χ0) is 17.5. The lowest BCUT2D eigenvalue weighted by atomic mass is 10.00. The lowest BCUT2D eigenvalue weighted by Crippen LogP contribution is -2.37. The molecule has 25 heavy (non-hydrogen) atoms. The van der Waals surface area contributed by atoms with Gasteiger partial charge in [0.1, 0.15) is 0 Å². The number of rotatable bonds is 7. The fourth-order valence-corrected chi connectivity index (χ4v) is 4.04. The molecule has 2 aliphatic heterocycles. The Morgan fingerprint density at radius 3 is 2.96 bits per heavy atom. The molecule has 5 heteroatoms. The van der Waals surface area contributed by atoms with Crippen LogP contribution in [-0.4, -0.2) is 61.1 Å². The van der Waals surface area contributed by atoms with Gasteiger partial charge in [0.25, 0.3) is 0 Å². The molecule has 1 fully saturated rings. The fourth-order valence-electron chi connectivity index (χ4n) is 4.04. The first kappa shape index (κ1) is 18.2. The number of hydrogen-bond acceptors (Lipinski definition) is 3. The maximum atomic E-state index is 6.03. The van der Waals surface area contributed by atoms with Crippen molar-refractivity contribution in [2.45, 2.75) is 45.2 Å². The molecule has 0 amide bonds. The zero-order valence-electron chi connectivity index (χ0n) is 15.6. The van der Waals surface area contributed by atoms with Crippen LogP contribution < -0.4 is 11.1 Å². The molecule has 3 N–H and O–H groups in total. The number of likely N-dealkylation sites (tertiary alicyclic amines) is 1. The Bertz CT molecular complexity index is 571. The second-order valence-electron chi connectivity index (χ2n) is 7.23. The SMILES string of the molecule is CCN1CCCC1CN=C(N)NCCCN1CCc2ccccc2C1. The van der Waals surface area contributed by atoms with Gasteiger partial charge in [-0.15, -0.1) is 0 Å². The van der Waals surface area contributed by atoms with Gasteiger partial charge in [-0.3, -0.25) is 14.8 Å².